The van der Waals surface area contributed by atoms with Gasteiger partial charge in [0, 0.05) is 23.5 Å². The molecule has 35 heavy (non-hydrogen) atoms. The zero-order valence-electron chi connectivity index (χ0n) is 20.6. The molecule has 0 saturated heterocycles. The molecule has 0 N–H and O–H groups in total. The molecule has 0 spiro atoms. The summed E-state index contributed by atoms with van der Waals surface area (Å²) in [5.41, 5.74) is 5.05. The maximum Gasteiger partial charge on any atom is 0.254 e. The standard InChI is InChI=1S/C29H32N2O3S/c1-5-14-30(29(33)23-9-6-20(2)7-10-23)18-28(32)31-15-12-27-24(13-16-35-27)25(31)19-34-26-11-8-21(3)17-22(26)4/h5-11,13,16-17,25H,1,12,14-15,18-19H2,2-4H3/t25-/m0/s1. The lowest BCUT2D eigenvalue weighted by Crippen LogP contribution is -2.47. The highest BCUT2D eigenvalue weighted by Gasteiger charge is 2.33. The smallest absolute Gasteiger partial charge is 0.254 e. The van der Waals surface area contributed by atoms with Gasteiger partial charge in [0.2, 0.25) is 5.91 Å². The monoisotopic (exact) mass is 488 g/mol. The van der Waals surface area contributed by atoms with Gasteiger partial charge in [0.25, 0.3) is 5.91 Å². The molecule has 1 aromatic heterocycles. The average Bonchev–Trinajstić information content (AvgIpc) is 3.32. The van der Waals surface area contributed by atoms with Gasteiger partial charge in [-0.05, 0) is 68.0 Å². The zero-order chi connectivity index (χ0) is 24.9. The molecule has 0 aliphatic carbocycles. The molecular formula is C29H32N2O3S. The molecule has 2 heterocycles. The Kier molecular flexibility index (Phi) is 7.71. The minimum atomic E-state index is -0.196. The summed E-state index contributed by atoms with van der Waals surface area (Å²) in [7, 11) is 0. The van der Waals surface area contributed by atoms with Crippen molar-refractivity contribution in [3.8, 4) is 5.75 Å². The van der Waals surface area contributed by atoms with Crippen LogP contribution < -0.4 is 4.74 Å². The van der Waals surface area contributed by atoms with Crippen LogP contribution in [0.25, 0.3) is 0 Å². The lowest BCUT2D eigenvalue weighted by atomic mass is 10.00. The summed E-state index contributed by atoms with van der Waals surface area (Å²) in [6.07, 6.45) is 2.47. The van der Waals surface area contributed by atoms with Crippen molar-refractivity contribution in [2.45, 2.75) is 33.2 Å². The number of benzene rings is 2. The molecule has 0 radical (unpaired) electrons. The highest BCUT2D eigenvalue weighted by molar-refractivity contribution is 7.10. The summed E-state index contributed by atoms with van der Waals surface area (Å²) in [4.78, 5) is 31.5. The number of carbonyl (C=O) groups is 2. The number of aryl methyl sites for hydroxylation is 3. The van der Waals surface area contributed by atoms with Crippen LogP contribution in [0.5, 0.6) is 5.75 Å². The predicted molar refractivity (Wildman–Crippen MR) is 141 cm³/mol. The third-order valence-electron chi connectivity index (χ3n) is 6.40. The summed E-state index contributed by atoms with van der Waals surface area (Å²) < 4.78 is 6.23. The molecule has 4 rings (SSSR count). The third kappa shape index (κ3) is 5.65. The Morgan fingerprint density at radius 3 is 2.57 bits per heavy atom. The number of hydrogen-bond donors (Lipinski definition) is 0. The van der Waals surface area contributed by atoms with Gasteiger partial charge in [-0.1, -0.05) is 41.5 Å². The van der Waals surface area contributed by atoms with E-state index in [-0.39, 0.29) is 24.4 Å². The van der Waals surface area contributed by atoms with Crippen molar-refractivity contribution >= 4 is 23.2 Å². The van der Waals surface area contributed by atoms with E-state index in [0.717, 1.165) is 28.9 Å². The Morgan fingerprint density at radius 2 is 1.86 bits per heavy atom. The van der Waals surface area contributed by atoms with Crippen LogP contribution in [0.2, 0.25) is 0 Å². The Balaban J connectivity index is 1.53. The van der Waals surface area contributed by atoms with E-state index >= 15 is 0 Å². The molecule has 1 aliphatic rings. The second-order valence-corrected chi connectivity index (χ2v) is 10.1. The predicted octanol–water partition coefficient (Wildman–Crippen LogP) is 5.51. The Labute approximate surface area is 211 Å². The van der Waals surface area contributed by atoms with E-state index < -0.39 is 0 Å². The third-order valence-corrected chi connectivity index (χ3v) is 7.40. The Hall–Kier alpha value is -3.38. The summed E-state index contributed by atoms with van der Waals surface area (Å²) in [5, 5.41) is 2.08. The maximum atomic E-state index is 13.6. The van der Waals surface area contributed by atoms with Crippen LogP contribution in [0.3, 0.4) is 0 Å². The molecule has 0 fully saturated rings. The summed E-state index contributed by atoms with van der Waals surface area (Å²) >= 11 is 1.72. The summed E-state index contributed by atoms with van der Waals surface area (Å²) in [5.74, 6) is 0.570. The molecule has 0 saturated carbocycles. The molecule has 0 bridgehead atoms. The number of amides is 2. The van der Waals surface area contributed by atoms with Crippen molar-refractivity contribution < 1.29 is 14.3 Å². The highest BCUT2D eigenvalue weighted by atomic mass is 32.1. The molecule has 3 aromatic rings. The molecule has 2 amide bonds. The largest absolute Gasteiger partial charge is 0.491 e. The van der Waals surface area contributed by atoms with Gasteiger partial charge in [0.05, 0.1) is 6.04 Å². The van der Waals surface area contributed by atoms with Crippen molar-refractivity contribution in [3.63, 3.8) is 0 Å². The number of fused-ring (bicyclic) bond motifs is 1. The van der Waals surface area contributed by atoms with Gasteiger partial charge < -0.3 is 14.5 Å². The molecular weight excluding hydrogens is 456 g/mol. The van der Waals surface area contributed by atoms with Crippen molar-refractivity contribution in [2.75, 3.05) is 26.2 Å². The Bertz CT molecular complexity index is 1210. The van der Waals surface area contributed by atoms with E-state index in [1.807, 2.05) is 43.0 Å². The molecule has 1 aliphatic heterocycles. The van der Waals surface area contributed by atoms with E-state index in [1.165, 1.54) is 10.4 Å². The second kappa shape index (κ2) is 10.9. The van der Waals surface area contributed by atoms with Gasteiger partial charge in [0.15, 0.2) is 0 Å². The summed E-state index contributed by atoms with van der Waals surface area (Å²) in [6.45, 7) is 11.1. The van der Waals surface area contributed by atoms with Gasteiger partial charge in [-0.2, -0.15) is 0 Å². The fourth-order valence-corrected chi connectivity index (χ4v) is 5.44. The fraction of sp³-hybridized carbons (Fsp3) is 0.310. The van der Waals surface area contributed by atoms with E-state index in [2.05, 4.69) is 31.0 Å². The van der Waals surface area contributed by atoms with Crippen LogP contribution in [0.4, 0.5) is 0 Å². The van der Waals surface area contributed by atoms with Crippen molar-refractivity contribution in [1.82, 2.24) is 9.80 Å². The number of nitrogens with zero attached hydrogens (tertiary/aromatic N) is 2. The zero-order valence-corrected chi connectivity index (χ0v) is 21.4. The number of thiophene rings is 1. The van der Waals surface area contributed by atoms with E-state index in [4.69, 9.17) is 4.74 Å². The number of rotatable bonds is 8. The minimum Gasteiger partial charge on any atom is -0.491 e. The SMILES string of the molecule is C=CCN(CC(=O)N1CCc2sccc2[C@@H]1COc1ccc(C)cc1C)C(=O)c1ccc(C)cc1. The van der Waals surface area contributed by atoms with Crippen molar-refractivity contribution in [3.05, 3.63) is 99.3 Å². The van der Waals surface area contributed by atoms with Gasteiger partial charge in [-0.3, -0.25) is 9.59 Å². The molecule has 6 heteroatoms. The lowest BCUT2D eigenvalue weighted by Gasteiger charge is -2.37. The van der Waals surface area contributed by atoms with Crippen LogP contribution in [0, 0.1) is 20.8 Å². The molecule has 1 atom stereocenters. The molecule has 5 nitrogen and oxygen atoms in total. The van der Waals surface area contributed by atoms with Crippen LogP contribution >= 0.6 is 11.3 Å². The first-order chi connectivity index (χ1) is 16.9. The van der Waals surface area contributed by atoms with Gasteiger partial charge >= 0.3 is 0 Å². The van der Waals surface area contributed by atoms with Crippen LogP contribution in [-0.2, 0) is 11.2 Å². The molecule has 0 unspecified atom stereocenters. The van der Waals surface area contributed by atoms with E-state index in [0.29, 0.717) is 25.3 Å². The van der Waals surface area contributed by atoms with Crippen molar-refractivity contribution in [1.29, 1.82) is 0 Å². The fourth-order valence-electron chi connectivity index (χ4n) is 4.51. The quantitative estimate of drug-likeness (QED) is 0.393. The lowest BCUT2D eigenvalue weighted by molar-refractivity contribution is -0.135. The minimum absolute atomic E-state index is 0.00173. The first-order valence-electron chi connectivity index (χ1n) is 11.9. The molecule has 182 valence electrons. The van der Waals surface area contributed by atoms with Gasteiger partial charge in [-0.25, -0.2) is 0 Å². The number of ether oxygens (including phenoxy) is 1. The van der Waals surface area contributed by atoms with Crippen LogP contribution in [0.15, 0.2) is 66.6 Å². The van der Waals surface area contributed by atoms with Crippen LogP contribution in [0.1, 0.15) is 43.5 Å². The topological polar surface area (TPSA) is 49.9 Å². The number of hydrogen-bond acceptors (Lipinski definition) is 4. The van der Waals surface area contributed by atoms with E-state index in [9.17, 15) is 9.59 Å². The Morgan fingerprint density at radius 1 is 1.11 bits per heavy atom. The van der Waals surface area contributed by atoms with Crippen LogP contribution in [-0.4, -0.2) is 47.9 Å². The normalized spacial score (nSPS) is 14.8. The maximum absolute atomic E-state index is 13.6. The summed E-state index contributed by atoms with van der Waals surface area (Å²) in [6, 6.07) is 15.4. The average molecular weight is 489 g/mol. The van der Waals surface area contributed by atoms with Gasteiger partial charge in [0.1, 0.15) is 18.9 Å². The van der Waals surface area contributed by atoms with Crippen molar-refractivity contribution in [2.24, 2.45) is 0 Å². The first kappa shape index (κ1) is 24.7. The number of carbonyl (C=O) groups excluding carboxylic acids is 2. The highest BCUT2D eigenvalue weighted by Crippen LogP contribution is 2.34. The molecule has 2 aromatic carbocycles. The second-order valence-electron chi connectivity index (χ2n) is 9.07. The van der Waals surface area contributed by atoms with E-state index in [1.54, 1.807) is 34.4 Å². The first-order valence-corrected chi connectivity index (χ1v) is 12.8. The van der Waals surface area contributed by atoms with Gasteiger partial charge in [-0.15, -0.1) is 17.9 Å².